The van der Waals surface area contributed by atoms with Crippen LogP contribution in [0.15, 0.2) is 18.2 Å². The number of rotatable bonds is 2. The molecule has 98 valence electrons. The molecule has 1 aliphatic heterocycles. The molecule has 0 saturated carbocycles. The average molecular weight is 260 g/mol. The first kappa shape index (κ1) is 12.7. The van der Waals surface area contributed by atoms with Gasteiger partial charge in [0.25, 0.3) is 0 Å². The van der Waals surface area contributed by atoms with E-state index in [-0.39, 0.29) is 6.42 Å². The lowest BCUT2D eigenvalue weighted by Gasteiger charge is -2.14. The number of carboxylic acid groups (broad SMARTS) is 1. The highest BCUT2D eigenvalue weighted by Crippen LogP contribution is 2.37. The Hall–Kier alpha value is -1.72. The number of fused-ring (bicyclic) bond motifs is 1. The number of carbonyl (C=O) groups is 1. The normalized spacial score (nSPS) is 20.1. The maximum absolute atomic E-state index is 12.5. The van der Waals surface area contributed by atoms with Gasteiger partial charge in [-0.25, -0.2) is 0 Å². The van der Waals surface area contributed by atoms with Crippen LogP contribution in [0.3, 0.4) is 0 Å². The Morgan fingerprint density at radius 2 is 2.17 bits per heavy atom. The Morgan fingerprint density at radius 1 is 1.50 bits per heavy atom. The van der Waals surface area contributed by atoms with Crippen LogP contribution in [0, 0.1) is 5.92 Å². The molecule has 1 aromatic rings. The molecule has 2 unspecified atom stereocenters. The highest BCUT2D eigenvalue weighted by molar-refractivity contribution is 5.70. The zero-order chi connectivity index (χ0) is 13.5. The van der Waals surface area contributed by atoms with E-state index in [2.05, 4.69) is 0 Å². The van der Waals surface area contributed by atoms with Crippen LogP contribution < -0.4 is 4.74 Å². The summed E-state index contributed by atoms with van der Waals surface area (Å²) in [6, 6.07) is 3.20. The number of hydrogen-bond acceptors (Lipinski definition) is 2. The van der Waals surface area contributed by atoms with Gasteiger partial charge in [-0.1, -0.05) is 0 Å². The largest absolute Gasteiger partial charge is 0.489 e. The summed E-state index contributed by atoms with van der Waals surface area (Å²) in [6.45, 7) is 1.48. The summed E-state index contributed by atoms with van der Waals surface area (Å²) in [5.41, 5.74) is -0.337. The molecule has 3 nitrogen and oxygen atoms in total. The predicted molar refractivity (Wildman–Crippen MR) is 56.4 cm³/mol. The fraction of sp³-hybridized carbons (Fsp3) is 0.417. The first-order valence-corrected chi connectivity index (χ1v) is 5.38. The van der Waals surface area contributed by atoms with Crippen molar-refractivity contribution in [1.29, 1.82) is 0 Å². The van der Waals surface area contributed by atoms with Gasteiger partial charge in [-0.05, 0) is 30.7 Å². The lowest BCUT2D eigenvalue weighted by Crippen LogP contribution is -2.29. The minimum Gasteiger partial charge on any atom is -0.489 e. The minimum absolute atomic E-state index is 0.187. The van der Waals surface area contributed by atoms with Crippen LogP contribution in [0.25, 0.3) is 0 Å². The van der Waals surface area contributed by atoms with Gasteiger partial charge >= 0.3 is 12.1 Å². The molecule has 0 aliphatic carbocycles. The van der Waals surface area contributed by atoms with E-state index in [1.54, 1.807) is 0 Å². The maximum atomic E-state index is 12.5. The van der Waals surface area contributed by atoms with Crippen LogP contribution in [0.5, 0.6) is 5.75 Å². The molecular weight excluding hydrogens is 249 g/mol. The predicted octanol–water partition coefficient (Wildman–Crippen LogP) is 2.73. The van der Waals surface area contributed by atoms with Gasteiger partial charge in [-0.3, -0.25) is 4.79 Å². The third kappa shape index (κ3) is 2.27. The van der Waals surface area contributed by atoms with E-state index in [0.717, 1.165) is 12.1 Å². The van der Waals surface area contributed by atoms with Crippen molar-refractivity contribution in [1.82, 2.24) is 0 Å². The van der Waals surface area contributed by atoms with Gasteiger partial charge in [0.1, 0.15) is 11.9 Å². The van der Waals surface area contributed by atoms with Gasteiger partial charge in [0.05, 0.1) is 11.5 Å². The van der Waals surface area contributed by atoms with Crippen molar-refractivity contribution in [3.05, 3.63) is 29.3 Å². The molecule has 1 heterocycles. The van der Waals surface area contributed by atoms with Crippen molar-refractivity contribution >= 4 is 5.97 Å². The molecule has 0 fully saturated rings. The molecule has 2 atom stereocenters. The lowest BCUT2D eigenvalue weighted by molar-refractivity contribution is -0.144. The number of aliphatic carboxylic acids is 1. The van der Waals surface area contributed by atoms with E-state index in [1.165, 1.54) is 13.0 Å². The Balaban J connectivity index is 2.23. The van der Waals surface area contributed by atoms with Crippen molar-refractivity contribution < 1.29 is 27.8 Å². The second-order valence-electron chi connectivity index (χ2n) is 4.31. The van der Waals surface area contributed by atoms with Crippen LogP contribution in [0.4, 0.5) is 13.2 Å². The number of alkyl halides is 3. The van der Waals surface area contributed by atoms with Crippen LogP contribution in [0.2, 0.25) is 0 Å². The Bertz CT molecular complexity index is 482. The van der Waals surface area contributed by atoms with Gasteiger partial charge < -0.3 is 9.84 Å². The van der Waals surface area contributed by atoms with Crippen LogP contribution in [0.1, 0.15) is 18.1 Å². The molecule has 1 N–H and O–H groups in total. The van der Waals surface area contributed by atoms with E-state index in [4.69, 9.17) is 9.84 Å². The summed E-state index contributed by atoms with van der Waals surface area (Å²) < 4.78 is 42.9. The van der Waals surface area contributed by atoms with Gasteiger partial charge in [0.15, 0.2) is 0 Å². The van der Waals surface area contributed by atoms with Crippen LogP contribution in [-0.2, 0) is 17.4 Å². The smallest absolute Gasteiger partial charge is 0.416 e. The van der Waals surface area contributed by atoms with Crippen molar-refractivity contribution in [2.75, 3.05) is 0 Å². The number of ether oxygens (including phenoxy) is 1. The van der Waals surface area contributed by atoms with Gasteiger partial charge in [-0.2, -0.15) is 13.2 Å². The van der Waals surface area contributed by atoms with Crippen molar-refractivity contribution in [3.8, 4) is 5.75 Å². The van der Waals surface area contributed by atoms with Gasteiger partial charge in [-0.15, -0.1) is 0 Å². The van der Waals surface area contributed by atoms with E-state index in [9.17, 15) is 18.0 Å². The maximum Gasteiger partial charge on any atom is 0.416 e. The molecular formula is C12H11F3O3. The molecule has 0 spiro atoms. The van der Waals surface area contributed by atoms with E-state index in [0.29, 0.717) is 11.3 Å². The summed E-state index contributed by atoms with van der Waals surface area (Å²) >= 11 is 0. The number of halogens is 3. The van der Waals surface area contributed by atoms with Crippen molar-refractivity contribution in [2.24, 2.45) is 5.92 Å². The van der Waals surface area contributed by atoms with Gasteiger partial charge in [0.2, 0.25) is 0 Å². The summed E-state index contributed by atoms with van der Waals surface area (Å²) in [7, 11) is 0. The second-order valence-corrected chi connectivity index (χ2v) is 4.31. The highest BCUT2D eigenvalue weighted by atomic mass is 19.4. The molecule has 1 aliphatic rings. The standard InChI is InChI=1S/C12H11F3O3/c1-6(11(16)17)10-5-7-4-8(12(13,14)15)2-3-9(7)18-10/h2-4,6,10H,5H2,1H3,(H,16,17). The zero-order valence-electron chi connectivity index (χ0n) is 9.49. The number of benzene rings is 1. The zero-order valence-corrected chi connectivity index (χ0v) is 9.49. The summed E-state index contributed by atoms with van der Waals surface area (Å²) in [5.74, 6) is -1.45. The molecule has 2 rings (SSSR count). The van der Waals surface area contributed by atoms with E-state index in [1.807, 2.05) is 0 Å². The molecule has 0 amide bonds. The van der Waals surface area contributed by atoms with Crippen LogP contribution in [-0.4, -0.2) is 17.2 Å². The van der Waals surface area contributed by atoms with Crippen molar-refractivity contribution in [2.45, 2.75) is 25.6 Å². The Kier molecular flexibility index (Phi) is 2.96. The molecule has 0 saturated heterocycles. The minimum atomic E-state index is -4.40. The molecule has 0 bridgehead atoms. The monoisotopic (exact) mass is 260 g/mol. The fourth-order valence-corrected chi connectivity index (χ4v) is 1.89. The number of hydrogen-bond donors (Lipinski definition) is 1. The van der Waals surface area contributed by atoms with Gasteiger partial charge in [0, 0.05) is 6.42 Å². The molecule has 1 aromatic carbocycles. The Labute approximate surface area is 101 Å². The first-order valence-electron chi connectivity index (χ1n) is 5.38. The average Bonchev–Trinajstić information content (AvgIpc) is 2.68. The Morgan fingerprint density at radius 3 is 2.72 bits per heavy atom. The third-order valence-electron chi connectivity index (χ3n) is 3.03. The topological polar surface area (TPSA) is 46.5 Å². The summed E-state index contributed by atoms with van der Waals surface area (Å²) in [4.78, 5) is 10.8. The molecule has 6 heteroatoms. The quantitative estimate of drug-likeness (QED) is 0.889. The molecule has 18 heavy (non-hydrogen) atoms. The van der Waals surface area contributed by atoms with Crippen LogP contribution >= 0.6 is 0 Å². The lowest BCUT2D eigenvalue weighted by atomic mass is 9.99. The van der Waals surface area contributed by atoms with Crippen molar-refractivity contribution in [3.63, 3.8) is 0 Å². The summed E-state index contributed by atoms with van der Waals surface area (Å²) in [5, 5.41) is 8.85. The van der Waals surface area contributed by atoms with E-state index >= 15 is 0 Å². The SMILES string of the molecule is CC(C(=O)O)C1Cc2cc(C(F)(F)F)ccc2O1. The first-order chi connectivity index (χ1) is 8.29. The highest BCUT2D eigenvalue weighted by Gasteiger charge is 2.35. The second kappa shape index (κ2) is 4.19. The fourth-order valence-electron chi connectivity index (χ4n) is 1.89. The molecule has 0 aromatic heterocycles. The third-order valence-corrected chi connectivity index (χ3v) is 3.03. The summed E-state index contributed by atoms with van der Waals surface area (Å²) in [6.07, 6.45) is -4.82. The van der Waals surface area contributed by atoms with E-state index < -0.39 is 29.7 Å². The number of carboxylic acids is 1. The molecule has 0 radical (unpaired) electrons.